The van der Waals surface area contributed by atoms with Gasteiger partial charge in [0.05, 0.1) is 0 Å². The van der Waals surface area contributed by atoms with Crippen LogP contribution in [0.25, 0.3) is 0 Å². The van der Waals surface area contributed by atoms with Gasteiger partial charge in [-0.1, -0.05) is 30.3 Å². The van der Waals surface area contributed by atoms with Crippen LogP contribution in [0.1, 0.15) is 31.2 Å². The summed E-state index contributed by atoms with van der Waals surface area (Å²) in [4.78, 5) is 5.20. The van der Waals surface area contributed by atoms with E-state index in [4.69, 9.17) is 4.74 Å². The Morgan fingerprint density at radius 3 is 2.59 bits per heavy atom. The van der Waals surface area contributed by atoms with E-state index in [1.807, 2.05) is 0 Å². The van der Waals surface area contributed by atoms with Crippen molar-refractivity contribution in [1.29, 1.82) is 0 Å². The normalized spacial score (nSPS) is 24.2. The molecule has 0 N–H and O–H groups in total. The van der Waals surface area contributed by atoms with Gasteiger partial charge in [0.1, 0.15) is 0 Å². The molecule has 3 heteroatoms. The maximum Gasteiger partial charge on any atom is 0.0495 e. The van der Waals surface area contributed by atoms with Crippen LogP contribution in [0.5, 0.6) is 0 Å². The summed E-state index contributed by atoms with van der Waals surface area (Å²) in [6, 6.07) is 11.6. The first-order chi connectivity index (χ1) is 10.8. The second-order valence-electron chi connectivity index (χ2n) is 6.99. The highest BCUT2D eigenvalue weighted by Crippen LogP contribution is 2.20. The average molecular weight is 302 g/mol. The molecule has 1 atom stereocenters. The monoisotopic (exact) mass is 302 g/mol. The van der Waals surface area contributed by atoms with E-state index < -0.39 is 0 Å². The molecular formula is C19H30N2O. The zero-order valence-electron chi connectivity index (χ0n) is 13.9. The number of likely N-dealkylation sites (tertiary alicyclic amines) is 1. The smallest absolute Gasteiger partial charge is 0.0495 e. The molecule has 0 aromatic heterocycles. The van der Waals surface area contributed by atoms with Gasteiger partial charge >= 0.3 is 0 Å². The van der Waals surface area contributed by atoms with Crippen molar-refractivity contribution in [1.82, 2.24) is 9.80 Å². The van der Waals surface area contributed by atoms with Crippen molar-refractivity contribution in [3.8, 4) is 0 Å². The summed E-state index contributed by atoms with van der Waals surface area (Å²) >= 11 is 0. The average Bonchev–Trinajstić information content (AvgIpc) is 3.08. The molecule has 1 aromatic rings. The van der Waals surface area contributed by atoms with Crippen LogP contribution < -0.4 is 0 Å². The van der Waals surface area contributed by atoms with Gasteiger partial charge < -0.3 is 9.64 Å². The lowest BCUT2D eigenvalue weighted by molar-refractivity contribution is 0.117. The Morgan fingerprint density at radius 2 is 1.91 bits per heavy atom. The zero-order chi connectivity index (χ0) is 15.2. The predicted molar refractivity (Wildman–Crippen MR) is 90.9 cm³/mol. The lowest BCUT2D eigenvalue weighted by Crippen LogP contribution is -2.43. The van der Waals surface area contributed by atoms with E-state index in [0.717, 1.165) is 31.7 Å². The number of piperidine rings is 1. The van der Waals surface area contributed by atoms with Gasteiger partial charge in [-0.05, 0) is 63.8 Å². The van der Waals surface area contributed by atoms with E-state index in [1.165, 1.54) is 50.9 Å². The van der Waals surface area contributed by atoms with Crippen LogP contribution in [0.15, 0.2) is 30.3 Å². The molecule has 0 bridgehead atoms. The fourth-order valence-corrected chi connectivity index (χ4v) is 3.76. The maximum absolute atomic E-state index is 5.48. The Bertz CT molecular complexity index is 422. The van der Waals surface area contributed by atoms with E-state index in [2.05, 4.69) is 47.2 Å². The zero-order valence-corrected chi connectivity index (χ0v) is 13.9. The Hall–Kier alpha value is -0.900. The first-order valence-electron chi connectivity index (χ1n) is 8.85. The van der Waals surface area contributed by atoms with Crippen molar-refractivity contribution in [2.45, 2.75) is 38.3 Å². The Balaban J connectivity index is 1.37. The lowest BCUT2D eigenvalue weighted by Gasteiger charge is -2.37. The number of benzene rings is 1. The van der Waals surface area contributed by atoms with E-state index >= 15 is 0 Å². The molecule has 2 saturated heterocycles. The van der Waals surface area contributed by atoms with Crippen LogP contribution in [0.3, 0.4) is 0 Å². The van der Waals surface area contributed by atoms with Gasteiger partial charge in [0, 0.05) is 25.8 Å². The molecule has 3 nitrogen and oxygen atoms in total. The van der Waals surface area contributed by atoms with Crippen molar-refractivity contribution < 1.29 is 4.74 Å². The molecule has 22 heavy (non-hydrogen) atoms. The van der Waals surface area contributed by atoms with Gasteiger partial charge in [0.15, 0.2) is 0 Å². The minimum Gasteiger partial charge on any atom is -0.381 e. The quantitative estimate of drug-likeness (QED) is 0.803. The van der Waals surface area contributed by atoms with Crippen molar-refractivity contribution >= 4 is 0 Å². The van der Waals surface area contributed by atoms with Gasteiger partial charge in [-0.2, -0.15) is 0 Å². The van der Waals surface area contributed by atoms with Crippen molar-refractivity contribution in [2.75, 3.05) is 39.9 Å². The molecule has 0 unspecified atom stereocenters. The van der Waals surface area contributed by atoms with Crippen molar-refractivity contribution in [3.63, 3.8) is 0 Å². The minimum absolute atomic E-state index is 0.742. The van der Waals surface area contributed by atoms with E-state index in [0.29, 0.717) is 0 Å². The molecule has 0 amide bonds. The van der Waals surface area contributed by atoms with Gasteiger partial charge in [-0.3, -0.25) is 4.90 Å². The molecule has 1 aromatic carbocycles. The van der Waals surface area contributed by atoms with Crippen LogP contribution in [0.2, 0.25) is 0 Å². The van der Waals surface area contributed by atoms with Crippen LogP contribution in [-0.2, 0) is 11.3 Å². The summed E-state index contributed by atoms with van der Waals surface area (Å²) in [7, 11) is 2.28. The number of rotatable bonds is 6. The summed E-state index contributed by atoms with van der Waals surface area (Å²) in [6.45, 7) is 6.84. The van der Waals surface area contributed by atoms with Crippen LogP contribution in [0.4, 0.5) is 0 Å². The molecule has 0 radical (unpaired) electrons. The molecule has 122 valence electrons. The minimum atomic E-state index is 0.742. The van der Waals surface area contributed by atoms with E-state index in [-0.39, 0.29) is 0 Å². The molecule has 0 saturated carbocycles. The second-order valence-corrected chi connectivity index (χ2v) is 6.99. The third kappa shape index (κ3) is 4.55. The summed E-state index contributed by atoms with van der Waals surface area (Å²) in [6.07, 6.45) is 5.22. The Kier molecular flexibility index (Phi) is 5.88. The molecule has 2 aliphatic heterocycles. The summed E-state index contributed by atoms with van der Waals surface area (Å²) in [5.41, 5.74) is 1.42. The van der Waals surface area contributed by atoms with Crippen LogP contribution in [0, 0.1) is 5.92 Å². The molecule has 3 rings (SSSR count). The number of nitrogens with zero attached hydrogens (tertiary/aromatic N) is 2. The van der Waals surface area contributed by atoms with Crippen molar-refractivity contribution in [2.24, 2.45) is 5.92 Å². The first-order valence-corrected chi connectivity index (χ1v) is 8.85. The van der Waals surface area contributed by atoms with E-state index in [1.54, 1.807) is 0 Å². The topological polar surface area (TPSA) is 15.7 Å². The third-order valence-electron chi connectivity index (χ3n) is 5.33. The standard InChI is InChI=1S/C19H30N2O/c1-20(15-17-5-3-2-4-6-17)19-8-12-21(13-9-19)11-7-18-10-14-22-16-18/h2-6,18-19H,7-16H2,1H3/t18-/m1/s1. The molecule has 0 spiro atoms. The predicted octanol–water partition coefficient (Wildman–Crippen LogP) is 3.01. The maximum atomic E-state index is 5.48. The highest BCUT2D eigenvalue weighted by molar-refractivity contribution is 5.14. The molecule has 2 aliphatic rings. The largest absolute Gasteiger partial charge is 0.381 e. The van der Waals surface area contributed by atoms with Crippen LogP contribution in [-0.4, -0.2) is 55.7 Å². The lowest BCUT2D eigenvalue weighted by atomic mass is 10.0. The fraction of sp³-hybridized carbons (Fsp3) is 0.684. The highest BCUT2D eigenvalue weighted by Gasteiger charge is 2.23. The van der Waals surface area contributed by atoms with Crippen LogP contribution >= 0.6 is 0 Å². The molecule has 2 heterocycles. The summed E-state index contributed by atoms with van der Waals surface area (Å²) in [5, 5.41) is 0. The Morgan fingerprint density at radius 1 is 1.14 bits per heavy atom. The van der Waals surface area contributed by atoms with Gasteiger partial charge in [-0.15, -0.1) is 0 Å². The summed E-state index contributed by atoms with van der Waals surface area (Å²) in [5.74, 6) is 0.818. The number of hydrogen-bond donors (Lipinski definition) is 0. The molecule has 2 fully saturated rings. The SMILES string of the molecule is CN(Cc1ccccc1)C1CCN(CC[C@@H]2CCOC2)CC1. The summed E-state index contributed by atoms with van der Waals surface area (Å²) < 4.78 is 5.48. The van der Waals surface area contributed by atoms with Crippen molar-refractivity contribution in [3.05, 3.63) is 35.9 Å². The molecule has 0 aliphatic carbocycles. The number of ether oxygens (including phenoxy) is 1. The highest BCUT2D eigenvalue weighted by atomic mass is 16.5. The van der Waals surface area contributed by atoms with Gasteiger partial charge in [-0.25, -0.2) is 0 Å². The Labute approximate surface area is 135 Å². The fourth-order valence-electron chi connectivity index (χ4n) is 3.76. The first kappa shape index (κ1) is 16.0. The van der Waals surface area contributed by atoms with E-state index in [9.17, 15) is 0 Å². The second kappa shape index (κ2) is 8.09. The van der Waals surface area contributed by atoms with Gasteiger partial charge in [0.2, 0.25) is 0 Å². The third-order valence-corrected chi connectivity index (χ3v) is 5.33. The van der Waals surface area contributed by atoms with Gasteiger partial charge in [0.25, 0.3) is 0 Å². The molecular weight excluding hydrogens is 272 g/mol. The number of hydrogen-bond acceptors (Lipinski definition) is 3.